The van der Waals surface area contributed by atoms with Crippen molar-refractivity contribution in [3.05, 3.63) is 33.4 Å². The van der Waals surface area contributed by atoms with E-state index in [1.807, 2.05) is 0 Å². The zero-order valence-electron chi connectivity index (χ0n) is 15.0. The normalized spacial score (nSPS) is 19.1. The number of nitrogens with zero attached hydrogens (tertiary/aromatic N) is 3. The molecule has 1 unspecified atom stereocenters. The Hall–Kier alpha value is -2.82. The van der Waals surface area contributed by atoms with Crippen LogP contribution in [0.15, 0.2) is 12.1 Å². The van der Waals surface area contributed by atoms with Crippen LogP contribution in [0.25, 0.3) is 0 Å². The molecule has 0 aliphatic carbocycles. The smallest absolute Gasteiger partial charge is 0.411 e. The van der Waals surface area contributed by atoms with Gasteiger partial charge >= 0.3 is 11.8 Å². The molecule has 0 saturated heterocycles. The minimum absolute atomic E-state index is 0.0280. The molecular formula is C17H21N3O5. The molecule has 1 atom stereocenters. The molecule has 0 N–H and O–H groups in total. The van der Waals surface area contributed by atoms with E-state index in [0.29, 0.717) is 11.1 Å². The summed E-state index contributed by atoms with van der Waals surface area (Å²) in [5.41, 5.74) is -0.553. The van der Waals surface area contributed by atoms with Crippen LogP contribution in [0.5, 0.6) is 5.75 Å². The van der Waals surface area contributed by atoms with Crippen LogP contribution in [0.3, 0.4) is 0 Å². The van der Waals surface area contributed by atoms with E-state index in [9.17, 15) is 20.2 Å². The molecule has 1 amide bonds. The number of rotatable bonds is 3. The Morgan fingerprint density at radius 1 is 1.48 bits per heavy atom. The Balaban J connectivity index is 2.55. The molecule has 1 aliphatic heterocycles. The predicted octanol–water partition coefficient (Wildman–Crippen LogP) is 3.48. The van der Waals surface area contributed by atoms with Crippen LogP contribution in [-0.2, 0) is 16.8 Å². The zero-order valence-corrected chi connectivity index (χ0v) is 15.0. The second-order valence-corrected chi connectivity index (χ2v) is 7.11. The number of fused-ring (bicyclic) bond motifs is 1. The molecular weight excluding hydrogens is 326 g/mol. The predicted molar refractivity (Wildman–Crippen MR) is 89.0 cm³/mol. The highest BCUT2D eigenvalue weighted by molar-refractivity contribution is 5.72. The number of hydrogen-bond donors (Lipinski definition) is 0. The Kier molecular flexibility index (Phi) is 4.62. The maximum Gasteiger partial charge on any atom is 0.411 e. The SMILES string of the molecule is COc1cc2c(cc1[N+](=O)[O-])CN(C(=O)OC(C)(C)C)C2(C)CC#N. The first-order valence-electron chi connectivity index (χ1n) is 7.77. The van der Waals surface area contributed by atoms with E-state index in [-0.39, 0.29) is 24.4 Å². The minimum Gasteiger partial charge on any atom is -0.490 e. The minimum atomic E-state index is -0.950. The van der Waals surface area contributed by atoms with Gasteiger partial charge in [0.1, 0.15) is 5.60 Å². The maximum atomic E-state index is 12.6. The van der Waals surface area contributed by atoms with Crippen molar-refractivity contribution in [2.45, 2.75) is 51.8 Å². The number of carbonyl (C=O) groups excluding carboxylic acids is 1. The van der Waals surface area contributed by atoms with E-state index in [0.717, 1.165) is 0 Å². The number of benzene rings is 1. The summed E-state index contributed by atoms with van der Waals surface area (Å²) in [6, 6.07) is 5.02. The molecule has 0 radical (unpaired) electrons. The number of methoxy groups -OCH3 is 1. The first-order valence-corrected chi connectivity index (χ1v) is 7.77. The first-order chi connectivity index (χ1) is 11.5. The van der Waals surface area contributed by atoms with Crippen LogP contribution in [0, 0.1) is 21.4 Å². The van der Waals surface area contributed by atoms with Gasteiger partial charge in [0.05, 0.1) is 36.6 Å². The highest BCUT2D eigenvalue weighted by Gasteiger charge is 2.46. The van der Waals surface area contributed by atoms with Crippen molar-refractivity contribution >= 4 is 11.8 Å². The number of nitro benzene ring substituents is 1. The molecule has 8 heteroatoms. The molecule has 0 fully saturated rings. The number of nitro groups is 1. The molecule has 0 bridgehead atoms. The van der Waals surface area contributed by atoms with Gasteiger partial charge < -0.3 is 9.47 Å². The Bertz CT molecular complexity index is 763. The molecule has 1 aromatic carbocycles. The summed E-state index contributed by atoms with van der Waals surface area (Å²) in [6.45, 7) is 7.14. The van der Waals surface area contributed by atoms with Crippen molar-refractivity contribution in [1.82, 2.24) is 4.90 Å². The third-order valence-electron chi connectivity index (χ3n) is 4.14. The summed E-state index contributed by atoms with van der Waals surface area (Å²) in [6.07, 6.45) is -0.539. The van der Waals surface area contributed by atoms with E-state index in [1.54, 1.807) is 27.7 Å². The van der Waals surface area contributed by atoms with Gasteiger partial charge in [-0.25, -0.2) is 4.79 Å². The highest BCUT2D eigenvalue weighted by Crippen LogP contribution is 2.46. The standard InChI is InChI=1S/C17H21N3O5/c1-16(2,3)25-15(21)19-10-11-8-13(20(22)23)14(24-5)9-12(11)17(19,4)6-7-18/h8-9H,6,10H2,1-5H3. The number of hydrogen-bond acceptors (Lipinski definition) is 6. The van der Waals surface area contributed by atoms with Gasteiger partial charge in [-0.05, 0) is 44.9 Å². The van der Waals surface area contributed by atoms with Gasteiger partial charge in [0.25, 0.3) is 0 Å². The van der Waals surface area contributed by atoms with Gasteiger partial charge in [-0.15, -0.1) is 0 Å². The molecule has 1 heterocycles. The number of amides is 1. The Morgan fingerprint density at radius 2 is 2.12 bits per heavy atom. The second-order valence-electron chi connectivity index (χ2n) is 7.11. The van der Waals surface area contributed by atoms with Crippen molar-refractivity contribution in [2.24, 2.45) is 0 Å². The molecule has 8 nitrogen and oxygen atoms in total. The quantitative estimate of drug-likeness (QED) is 0.612. The average Bonchev–Trinajstić information content (AvgIpc) is 2.77. The fraction of sp³-hybridized carbons (Fsp3) is 0.529. The van der Waals surface area contributed by atoms with Crippen molar-refractivity contribution in [1.29, 1.82) is 5.26 Å². The van der Waals surface area contributed by atoms with Crippen molar-refractivity contribution < 1.29 is 19.2 Å². The topological polar surface area (TPSA) is 106 Å². The van der Waals surface area contributed by atoms with E-state index in [2.05, 4.69) is 6.07 Å². The summed E-state index contributed by atoms with van der Waals surface area (Å²) in [7, 11) is 1.34. The van der Waals surface area contributed by atoms with Crippen LogP contribution in [0.2, 0.25) is 0 Å². The van der Waals surface area contributed by atoms with Gasteiger partial charge in [-0.3, -0.25) is 15.0 Å². The second kappa shape index (κ2) is 6.24. The lowest BCUT2D eigenvalue weighted by molar-refractivity contribution is -0.385. The molecule has 134 valence electrons. The van der Waals surface area contributed by atoms with Gasteiger partial charge in [-0.2, -0.15) is 5.26 Å². The fourth-order valence-electron chi connectivity index (χ4n) is 2.97. The van der Waals surface area contributed by atoms with Gasteiger partial charge in [0, 0.05) is 6.07 Å². The Morgan fingerprint density at radius 3 is 2.60 bits per heavy atom. The molecule has 25 heavy (non-hydrogen) atoms. The molecule has 1 aromatic rings. The number of ether oxygens (including phenoxy) is 2. The van der Waals surface area contributed by atoms with Crippen LogP contribution < -0.4 is 4.74 Å². The van der Waals surface area contributed by atoms with Crippen molar-refractivity contribution in [2.75, 3.05) is 7.11 Å². The van der Waals surface area contributed by atoms with Crippen LogP contribution in [0.4, 0.5) is 10.5 Å². The van der Waals surface area contributed by atoms with Crippen molar-refractivity contribution in [3.8, 4) is 11.8 Å². The largest absolute Gasteiger partial charge is 0.490 e. The summed E-state index contributed by atoms with van der Waals surface area (Å²) < 4.78 is 10.6. The van der Waals surface area contributed by atoms with Crippen LogP contribution in [0.1, 0.15) is 45.2 Å². The van der Waals surface area contributed by atoms with Crippen LogP contribution in [-0.4, -0.2) is 28.6 Å². The third kappa shape index (κ3) is 3.36. The van der Waals surface area contributed by atoms with Gasteiger partial charge in [0.2, 0.25) is 0 Å². The van der Waals surface area contributed by atoms with Crippen molar-refractivity contribution in [3.63, 3.8) is 0 Å². The molecule has 2 rings (SSSR count). The summed E-state index contributed by atoms with van der Waals surface area (Å²) in [4.78, 5) is 24.8. The van der Waals surface area contributed by atoms with E-state index < -0.39 is 22.2 Å². The maximum absolute atomic E-state index is 12.6. The lowest BCUT2D eigenvalue weighted by Crippen LogP contribution is -2.44. The summed E-state index contributed by atoms with van der Waals surface area (Å²) >= 11 is 0. The highest BCUT2D eigenvalue weighted by atomic mass is 16.6. The number of carbonyl (C=O) groups is 1. The van der Waals surface area contributed by atoms with Gasteiger partial charge in [-0.1, -0.05) is 0 Å². The first kappa shape index (κ1) is 18.5. The lowest BCUT2D eigenvalue weighted by Gasteiger charge is -2.35. The molecule has 0 saturated carbocycles. The van der Waals surface area contributed by atoms with Crippen LogP contribution >= 0.6 is 0 Å². The number of nitriles is 1. The van der Waals surface area contributed by atoms with E-state index in [4.69, 9.17) is 9.47 Å². The zero-order chi connectivity index (χ0) is 19.0. The van der Waals surface area contributed by atoms with E-state index in [1.165, 1.54) is 24.1 Å². The third-order valence-corrected chi connectivity index (χ3v) is 4.14. The summed E-state index contributed by atoms with van der Waals surface area (Å²) in [5, 5.41) is 20.5. The van der Waals surface area contributed by atoms with E-state index >= 15 is 0 Å². The lowest BCUT2D eigenvalue weighted by atomic mass is 9.88. The summed E-state index contributed by atoms with van der Waals surface area (Å²) in [5.74, 6) is 0.0963. The Labute approximate surface area is 146 Å². The van der Waals surface area contributed by atoms with Gasteiger partial charge in [0.15, 0.2) is 5.75 Å². The average molecular weight is 347 g/mol. The molecule has 0 aromatic heterocycles. The monoisotopic (exact) mass is 347 g/mol. The molecule has 1 aliphatic rings. The fourth-order valence-corrected chi connectivity index (χ4v) is 2.97. The molecule has 0 spiro atoms.